The van der Waals surface area contributed by atoms with Crippen LogP contribution in [0.5, 0.6) is 0 Å². The van der Waals surface area contributed by atoms with Crippen molar-refractivity contribution in [1.29, 1.82) is 0 Å². The lowest BCUT2D eigenvalue weighted by Crippen LogP contribution is -2.23. The Balaban J connectivity index is 0.000000280. The van der Waals surface area contributed by atoms with Crippen LogP contribution in [0.2, 0.25) is 0 Å². The van der Waals surface area contributed by atoms with Gasteiger partial charge in [-0.1, -0.05) is 18.2 Å². The van der Waals surface area contributed by atoms with Gasteiger partial charge in [-0.25, -0.2) is 13.2 Å². The second kappa shape index (κ2) is 10.8. The van der Waals surface area contributed by atoms with Gasteiger partial charge in [-0.15, -0.1) is 0 Å². The summed E-state index contributed by atoms with van der Waals surface area (Å²) in [6.07, 6.45) is 4.16. The molecule has 2 aromatic rings. The summed E-state index contributed by atoms with van der Waals surface area (Å²) in [4.78, 5) is 13.0. The number of nitrogens with two attached hydrogens (primary N) is 1. The van der Waals surface area contributed by atoms with Gasteiger partial charge in [0.05, 0.1) is 5.56 Å². The molecule has 2 aliphatic rings. The minimum absolute atomic E-state index is 0.190. The van der Waals surface area contributed by atoms with Gasteiger partial charge < -0.3 is 15.4 Å². The Morgan fingerprint density at radius 3 is 2.10 bits per heavy atom. The Bertz CT molecular complexity index is 805. The van der Waals surface area contributed by atoms with Crippen LogP contribution < -0.4 is 5.73 Å². The molecule has 1 saturated carbocycles. The van der Waals surface area contributed by atoms with Crippen LogP contribution in [0.4, 0.5) is 13.2 Å². The second-order valence-electron chi connectivity index (χ2n) is 7.25. The van der Waals surface area contributed by atoms with Crippen molar-refractivity contribution >= 4 is 18.9 Å². The molecule has 1 aliphatic carbocycles. The Morgan fingerprint density at radius 1 is 1.07 bits per heavy atom. The minimum Gasteiger partial charge on any atom is -0.326 e. The highest BCUT2D eigenvalue weighted by molar-refractivity contribution is 7.79. The van der Waals surface area contributed by atoms with Crippen LogP contribution in [0.15, 0.2) is 36.4 Å². The average molecular weight is 425 g/mol. The van der Waals surface area contributed by atoms with E-state index in [1.165, 1.54) is 37.2 Å². The quantitative estimate of drug-likeness (QED) is 0.572. The number of rotatable bonds is 3. The third-order valence-electron chi connectivity index (χ3n) is 5.10. The predicted molar refractivity (Wildman–Crippen MR) is 114 cm³/mol. The molecule has 1 saturated heterocycles. The molecule has 3 atom stereocenters. The number of thiol groups is 1. The molecule has 3 unspecified atom stereocenters. The summed E-state index contributed by atoms with van der Waals surface area (Å²) in [6.45, 7) is 2.27. The fraction of sp³-hybridized carbons (Fsp3) is 0.409. The second-order valence-corrected chi connectivity index (χ2v) is 7.25. The van der Waals surface area contributed by atoms with Gasteiger partial charge >= 0.3 is 0 Å². The minimum atomic E-state index is -0.736. The van der Waals surface area contributed by atoms with Gasteiger partial charge in [0.15, 0.2) is 0 Å². The lowest BCUT2D eigenvalue weighted by atomic mass is 9.94. The Hall–Kier alpha value is -1.83. The fourth-order valence-electron chi connectivity index (χ4n) is 3.55. The number of benzene rings is 2. The van der Waals surface area contributed by atoms with E-state index in [4.69, 9.17) is 5.73 Å². The molecular formula is C22H27F3N2OS. The first-order valence-electron chi connectivity index (χ1n) is 9.49. The Labute approximate surface area is 175 Å². The van der Waals surface area contributed by atoms with Crippen LogP contribution in [-0.4, -0.2) is 43.6 Å². The standard InChI is InChI=1S/C16H11F3O.C5H12N2.CH4S/c17-12-4-1-3-10(15(12)11-7-9(11)8-20)16-13(18)5-2-6-14(16)19;1-7-3-2-5(6)4-7;1-2/h1-6,8-9,11H,7H2;5H,2-4,6H2,1H3;2H,1H3. The molecule has 158 valence electrons. The summed E-state index contributed by atoms with van der Waals surface area (Å²) >= 11 is 3.53. The molecule has 0 spiro atoms. The van der Waals surface area contributed by atoms with Crippen LogP contribution in [-0.2, 0) is 4.79 Å². The van der Waals surface area contributed by atoms with Crippen LogP contribution in [0, 0.1) is 23.4 Å². The van der Waals surface area contributed by atoms with E-state index in [1.807, 2.05) is 0 Å². The monoisotopic (exact) mass is 424 g/mol. The molecule has 2 fully saturated rings. The average Bonchev–Trinajstić information content (AvgIpc) is 3.38. The van der Waals surface area contributed by atoms with E-state index in [1.54, 1.807) is 6.26 Å². The summed E-state index contributed by atoms with van der Waals surface area (Å²) in [7, 11) is 2.10. The largest absolute Gasteiger partial charge is 0.326 e. The van der Waals surface area contributed by atoms with E-state index in [2.05, 4.69) is 24.6 Å². The predicted octanol–water partition coefficient (Wildman–Crippen LogP) is 4.27. The summed E-state index contributed by atoms with van der Waals surface area (Å²) in [5, 5.41) is 0. The van der Waals surface area contributed by atoms with Gasteiger partial charge in [0.25, 0.3) is 0 Å². The summed E-state index contributed by atoms with van der Waals surface area (Å²) < 4.78 is 41.8. The van der Waals surface area contributed by atoms with Crippen LogP contribution in [0.3, 0.4) is 0 Å². The first kappa shape index (κ1) is 23.4. The highest BCUT2D eigenvalue weighted by Crippen LogP contribution is 2.50. The van der Waals surface area contributed by atoms with Crippen molar-refractivity contribution in [2.75, 3.05) is 26.4 Å². The summed E-state index contributed by atoms with van der Waals surface area (Å²) in [5.74, 6) is -2.55. The number of halogens is 3. The molecule has 4 rings (SSSR count). The highest BCUT2D eigenvalue weighted by atomic mass is 32.1. The van der Waals surface area contributed by atoms with Crippen molar-refractivity contribution in [2.24, 2.45) is 11.7 Å². The first-order valence-corrected chi connectivity index (χ1v) is 10.4. The molecular weight excluding hydrogens is 397 g/mol. The molecule has 2 N–H and O–H groups in total. The van der Waals surface area contributed by atoms with Crippen molar-refractivity contribution < 1.29 is 18.0 Å². The molecule has 7 heteroatoms. The van der Waals surface area contributed by atoms with Crippen molar-refractivity contribution in [1.82, 2.24) is 4.90 Å². The first-order chi connectivity index (χ1) is 13.9. The molecule has 1 aliphatic heterocycles. The fourth-order valence-corrected chi connectivity index (χ4v) is 3.55. The van der Waals surface area contributed by atoms with E-state index in [9.17, 15) is 18.0 Å². The van der Waals surface area contributed by atoms with E-state index in [0.717, 1.165) is 25.0 Å². The number of likely N-dealkylation sites (N-methyl/N-ethyl adjacent to an activating group) is 1. The Morgan fingerprint density at radius 2 is 1.66 bits per heavy atom. The number of hydrogen-bond donors (Lipinski definition) is 2. The van der Waals surface area contributed by atoms with Crippen LogP contribution >= 0.6 is 12.6 Å². The van der Waals surface area contributed by atoms with Gasteiger partial charge in [-0.05, 0) is 67.9 Å². The zero-order chi connectivity index (χ0) is 21.6. The Kier molecular flexibility index (Phi) is 8.74. The molecule has 2 aromatic carbocycles. The molecule has 0 amide bonds. The highest BCUT2D eigenvalue weighted by Gasteiger charge is 2.41. The molecule has 29 heavy (non-hydrogen) atoms. The van der Waals surface area contributed by atoms with Gasteiger partial charge in [-0.2, -0.15) is 12.6 Å². The number of hydrogen-bond acceptors (Lipinski definition) is 4. The maximum atomic E-state index is 14.0. The number of likely N-dealkylation sites (tertiary alicyclic amines) is 1. The van der Waals surface area contributed by atoms with Crippen molar-refractivity contribution in [3.05, 3.63) is 59.4 Å². The SMILES string of the molecule is CN1CCC(N)C1.CS.O=CC1CC1c1c(F)cccc1-c1c(F)cccc1F. The molecule has 1 heterocycles. The van der Waals surface area contributed by atoms with Crippen LogP contribution in [0.1, 0.15) is 24.3 Å². The topological polar surface area (TPSA) is 46.3 Å². The van der Waals surface area contributed by atoms with Crippen molar-refractivity contribution in [3.8, 4) is 11.1 Å². The van der Waals surface area contributed by atoms with Crippen LogP contribution in [0.25, 0.3) is 11.1 Å². The third kappa shape index (κ3) is 5.84. The number of carbonyl (C=O) groups excluding carboxylic acids is 1. The molecule has 0 radical (unpaired) electrons. The van der Waals surface area contributed by atoms with E-state index < -0.39 is 17.5 Å². The number of nitrogens with zero attached hydrogens (tertiary/aromatic N) is 1. The zero-order valence-electron chi connectivity index (χ0n) is 16.6. The van der Waals surface area contributed by atoms with Gasteiger partial charge in [0.1, 0.15) is 23.7 Å². The number of aldehydes is 1. The van der Waals surface area contributed by atoms with Gasteiger partial charge in [0, 0.05) is 18.5 Å². The lowest BCUT2D eigenvalue weighted by molar-refractivity contribution is -0.108. The van der Waals surface area contributed by atoms with Gasteiger partial charge in [0.2, 0.25) is 0 Å². The summed E-state index contributed by atoms with van der Waals surface area (Å²) in [5.41, 5.74) is 5.77. The van der Waals surface area contributed by atoms with E-state index in [0.29, 0.717) is 12.5 Å². The van der Waals surface area contributed by atoms with E-state index in [-0.39, 0.29) is 28.5 Å². The van der Waals surface area contributed by atoms with Crippen molar-refractivity contribution in [2.45, 2.75) is 24.8 Å². The number of carbonyl (C=O) groups is 1. The molecule has 0 bridgehead atoms. The molecule has 3 nitrogen and oxygen atoms in total. The smallest absolute Gasteiger partial charge is 0.133 e. The third-order valence-corrected chi connectivity index (χ3v) is 5.10. The normalized spacial score (nSPS) is 22.8. The summed E-state index contributed by atoms with van der Waals surface area (Å²) in [6, 6.07) is 8.13. The van der Waals surface area contributed by atoms with E-state index >= 15 is 0 Å². The maximum Gasteiger partial charge on any atom is 0.133 e. The molecule has 0 aromatic heterocycles. The maximum absolute atomic E-state index is 14.0. The lowest BCUT2D eigenvalue weighted by Gasteiger charge is -2.12. The van der Waals surface area contributed by atoms with Gasteiger partial charge in [-0.3, -0.25) is 0 Å². The van der Waals surface area contributed by atoms with Crippen molar-refractivity contribution in [3.63, 3.8) is 0 Å². The zero-order valence-corrected chi connectivity index (χ0v) is 17.5.